The van der Waals surface area contributed by atoms with Crippen molar-refractivity contribution in [2.24, 2.45) is 0 Å². The van der Waals surface area contributed by atoms with E-state index in [1.165, 1.54) is 0 Å². The van der Waals surface area contributed by atoms with Crippen molar-refractivity contribution < 1.29 is 9.90 Å². The van der Waals surface area contributed by atoms with Crippen molar-refractivity contribution in [2.75, 3.05) is 18.4 Å². The van der Waals surface area contributed by atoms with Gasteiger partial charge in [-0.25, -0.2) is 0 Å². The van der Waals surface area contributed by atoms with E-state index in [1.54, 1.807) is 13.0 Å². The molecule has 1 unspecified atom stereocenters. The molecule has 0 spiro atoms. The maximum atomic E-state index is 12.1. The zero-order valence-electron chi connectivity index (χ0n) is 12.0. The molecule has 0 saturated heterocycles. The fourth-order valence-electron chi connectivity index (χ4n) is 1.59. The van der Waals surface area contributed by atoms with Crippen LogP contribution in [0.25, 0.3) is 0 Å². The Balaban J connectivity index is 2.71. The first-order chi connectivity index (χ1) is 9.00. The summed E-state index contributed by atoms with van der Waals surface area (Å²) in [4.78, 5) is 12.1. The van der Waals surface area contributed by atoms with Crippen LogP contribution in [-0.4, -0.2) is 29.7 Å². The number of benzene rings is 1. The van der Waals surface area contributed by atoms with Gasteiger partial charge in [-0.3, -0.25) is 4.79 Å². The minimum atomic E-state index is -0.860. The largest absolute Gasteiger partial charge is 0.388 e. The highest BCUT2D eigenvalue weighted by atomic mass is 16.3. The summed E-state index contributed by atoms with van der Waals surface area (Å²) in [6, 6.07) is 7.41. The summed E-state index contributed by atoms with van der Waals surface area (Å²) in [6.45, 7) is 6.77. The van der Waals surface area contributed by atoms with E-state index >= 15 is 0 Å². The monoisotopic (exact) mass is 264 g/mol. The van der Waals surface area contributed by atoms with Gasteiger partial charge in [-0.15, -0.1) is 0 Å². The zero-order chi connectivity index (χ0) is 14.3. The number of rotatable bonds is 7. The van der Waals surface area contributed by atoms with Crippen LogP contribution < -0.4 is 10.6 Å². The van der Waals surface area contributed by atoms with E-state index in [0.29, 0.717) is 12.0 Å². The average Bonchev–Trinajstić information content (AvgIpc) is 2.43. The Labute approximate surface area is 115 Å². The molecular weight excluding hydrogens is 240 g/mol. The van der Waals surface area contributed by atoms with Gasteiger partial charge in [-0.2, -0.15) is 0 Å². The highest BCUT2D eigenvalue weighted by Gasteiger charge is 2.19. The van der Waals surface area contributed by atoms with E-state index in [4.69, 9.17) is 0 Å². The van der Waals surface area contributed by atoms with Gasteiger partial charge in [0, 0.05) is 18.8 Å². The Morgan fingerprint density at radius 1 is 1.32 bits per heavy atom. The topological polar surface area (TPSA) is 61.4 Å². The minimum Gasteiger partial charge on any atom is -0.388 e. The number of hydrogen-bond donors (Lipinski definition) is 3. The Kier molecular flexibility index (Phi) is 5.83. The normalized spacial score (nSPS) is 13.7. The lowest BCUT2D eigenvalue weighted by Gasteiger charge is -2.22. The minimum absolute atomic E-state index is 0.159. The maximum absolute atomic E-state index is 12.1. The number of amides is 1. The predicted octanol–water partition coefficient (Wildman–Crippen LogP) is 2.40. The second kappa shape index (κ2) is 7.14. The summed E-state index contributed by atoms with van der Waals surface area (Å²) in [5, 5.41) is 15.9. The van der Waals surface area contributed by atoms with Gasteiger partial charge in [0.2, 0.25) is 0 Å². The van der Waals surface area contributed by atoms with Crippen molar-refractivity contribution in [1.82, 2.24) is 5.32 Å². The summed E-state index contributed by atoms with van der Waals surface area (Å²) in [5.41, 5.74) is 0.586. The quantitative estimate of drug-likeness (QED) is 0.708. The van der Waals surface area contributed by atoms with E-state index in [-0.39, 0.29) is 12.5 Å². The number of para-hydroxylation sites is 1. The Morgan fingerprint density at radius 2 is 2.00 bits per heavy atom. The maximum Gasteiger partial charge on any atom is 0.253 e. The molecule has 0 heterocycles. The van der Waals surface area contributed by atoms with Gasteiger partial charge in [0.1, 0.15) is 0 Å². The van der Waals surface area contributed by atoms with E-state index in [9.17, 15) is 9.90 Å². The third-order valence-electron chi connectivity index (χ3n) is 3.13. The third kappa shape index (κ3) is 4.91. The van der Waals surface area contributed by atoms with Crippen LogP contribution in [0.5, 0.6) is 0 Å². The number of hydrogen-bond acceptors (Lipinski definition) is 3. The Bertz CT molecular complexity index is 416. The molecule has 0 saturated carbocycles. The zero-order valence-corrected chi connectivity index (χ0v) is 12.0. The fourth-order valence-corrected chi connectivity index (χ4v) is 1.59. The molecule has 0 fully saturated rings. The Hall–Kier alpha value is -1.55. The van der Waals surface area contributed by atoms with E-state index in [2.05, 4.69) is 17.6 Å². The second-order valence-corrected chi connectivity index (χ2v) is 5.01. The molecular formula is C15H24N2O2. The molecule has 1 atom stereocenters. The van der Waals surface area contributed by atoms with Crippen LogP contribution in [-0.2, 0) is 0 Å². The molecule has 1 aromatic carbocycles. The van der Waals surface area contributed by atoms with Crippen molar-refractivity contribution in [3.8, 4) is 0 Å². The van der Waals surface area contributed by atoms with Crippen molar-refractivity contribution in [3.05, 3.63) is 29.8 Å². The van der Waals surface area contributed by atoms with Crippen molar-refractivity contribution in [1.29, 1.82) is 0 Å². The van der Waals surface area contributed by atoms with Gasteiger partial charge in [-0.1, -0.05) is 26.0 Å². The standard InChI is InChI=1S/C15H24N2O2/c1-4-10-16-13-9-7-6-8-12(13)14(18)17-11-15(3,19)5-2/h6-9,16,19H,4-5,10-11H2,1-3H3,(H,17,18). The van der Waals surface area contributed by atoms with Gasteiger partial charge in [0.15, 0.2) is 0 Å². The molecule has 3 N–H and O–H groups in total. The van der Waals surface area contributed by atoms with E-state index in [0.717, 1.165) is 18.7 Å². The molecule has 19 heavy (non-hydrogen) atoms. The molecule has 0 aromatic heterocycles. The molecule has 4 heteroatoms. The molecule has 0 aliphatic heterocycles. The number of anilines is 1. The lowest BCUT2D eigenvalue weighted by Crippen LogP contribution is -2.40. The highest BCUT2D eigenvalue weighted by Crippen LogP contribution is 2.15. The number of aliphatic hydroxyl groups is 1. The van der Waals surface area contributed by atoms with Crippen LogP contribution in [0.2, 0.25) is 0 Å². The van der Waals surface area contributed by atoms with Crippen LogP contribution >= 0.6 is 0 Å². The molecule has 1 aromatic rings. The summed E-state index contributed by atoms with van der Waals surface area (Å²) >= 11 is 0. The number of carbonyl (C=O) groups is 1. The first kappa shape index (κ1) is 15.5. The average molecular weight is 264 g/mol. The third-order valence-corrected chi connectivity index (χ3v) is 3.13. The van der Waals surface area contributed by atoms with Crippen LogP contribution in [0.15, 0.2) is 24.3 Å². The smallest absolute Gasteiger partial charge is 0.253 e. The van der Waals surface area contributed by atoms with E-state index in [1.807, 2.05) is 25.1 Å². The number of carbonyl (C=O) groups excluding carboxylic acids is 1. The molecule has 0 aliphatic rings. The van der Waals surface area contributed by atoms with Gasteiger partial charge < -0.3 is 15.7 Å². The molecule has 1 rings (SSSR count). The second-order valence-electron chi connectivity index (χ2n) is 5.01. The first-order valence-electron chi connectivity index (χ1n) is 6.83. The van der Waals surface area contributed by atoms with Crippen molar-refractivity contribution in [2.45, 2.75) is 39.2 Å². The van der Waals surface area contributed by atoms with Gasteiger partial charge in [-0.05, 0) is 31.9 Å². The molecule has 0 bridgehead atoms. The fraction of sp³-hybridized carbons (Fsp3) is 0.533. The van der Waals surface area contributed by atoms with Crippen LogP contribution in [0.1, 0.15) is 44.0 Å². The highest BCUT2D eigenvalue weighted by molar-refractivity contribution is 5.99. The van der Waals surface area contributed by atoms with Gasteiger partial charge in [0.05, 0.1) is 11.2 Å². The van der Waals surface area contributed by atoms with E-state index < -0.39 is 5.60 Å². The first-order valence-corrected chi connectivity index (χ1v) is 6.83. The van der Waals surface area contributed by atoms with Crippen molar-refractivity contribution in [3.63, 3.8) is 0 Å². The summed E-state index contributed by atoms with van der Waals surface area (Å²) < 4.78 is 0. The van der Waals surface area contributed by atoms with Gasteiger partial charge >= 0.3 is 0 Å². The summed E-state index contributed by atoms with van der Waals surface area (Å²) in [7, 11) is 0. The van der Waals surface area contributed by atoms with Crippen molar-refractivity contribution >= 4 is 11.6 Å². The lowest BCUT2D eigenvalue weighted by molar-refractivity contribution is 0.0518. The lowest BCUT2D eigenvalue weighted by atomic mass is 10.0. The summed E-state index contributed by atoms with van der Waals surface area (Å²) in [5.74, 6) is -0.159. The molecule has 106 valence electrons. The number of nitrogens with one attached hydrogen (secondary N) is 2. The Morgan fingerprint density at radius 3 is 2.63 bits per heavy atom. The summed E-state index contributed by atoms with van der Waals surface area (Å²) in [6.07, 6.45) is 1.60. The predicted molar refractivity (Wildman–Crippen MR) is 78.5 cm³/mol. The SMILES string of the molecule is CCCNc1ccccc1C(=O)NCC(C)(O)CC. The molecule has 0 radical (unpaired) electrons. The van der Waals surface area contributed by atoms with Gasteiger partial charge in [0.25, 0.3) is 5.91 Å². The molecule has 4 nitrogen and oxygen atoms in total. The van der Waals surface area contributed by atoms with Crippen LogP contribution in [0.3, 0.4) is 0 Å². The molecule has 0 aliphatic carbocycles. The van der Waals surface area contributed by atoms with Crippen LogP contribution in [0.4, 0.5) is 5.69 Å². The molecule has 1 amide bonds. The van der Waals surface area contributed by atoms with Crippen LogP contribution in [0, 0.1) is 0 Å².